The van der Waals surface area contributed by atoms with Crippen molar-refractivity contribution in [3.05, 3.63) is 55.9 Å². The molecule has 1 N–H and O–H groups in total. The van der Waals surface area contributed by atoms with Crippen molar-refractivity contribution >= 4 is 17.2 Å². The highest BCUT2D eigenvalue weighted by molar-refractivity contribution is 7.10. The summed E-state index contributed by atoms with van der Waals surface area (Å²) in [6, 6.07) is -0.0774. The zero-order chi connectivity index (χ0) is 20.7. The quantitative estimate of drug-likeness (QED) is 0.693. The Bertz CT molecular complexity index is 1030. The number of hydrogen-bond donors (Lipinski definition) is 1. The van der Waals surface area contributed by atoms with Crippen LogP contribution in [0.5, 0.6) is 0 Å². The van der Waals surface area contributed by atoms with Gasteiger partial charge in [0.2, 0.25) is 0 Å². The van der Waals surface area contributed by atoms with Crippen LogP contribution in [0.3, 0.4) is 0 Å². The van der Waals surface area contributed by atoms with E-state index in [0.29, 0.717) is 0 Å². The number of aromatic nitrogens is 3. The topological polar surface area (TPSA) is 76.2 Å². The van der Waals surface area contributed by atoms with E-state index in [-0.39, 0.29) is 11.9 Å². The lowest BCUT2D eigenvalue weighted by atomic mass is 10.0. The van der Waals surface area contributed by atoms with Gasteiger partial charge in [0.25, 0.3) is 5.91 Å². The molecule has 1 aliphatic heterocycles. The molecule has 8 heteroatoms. The Morgan fingerprint density at radius 2 is 2.17 bits per heavy atom. The standard InChI is InChI=1S/C21H27N5O2S/c1-12(17-8-22-25(5)14(17)3)23-21(27)19-11-29-20-10-26(7-6-16(19)20)9-18-13(2)24-28-15(18)4/h8,11-12H,6-7,9-10H2,1-5H3,(H,23,27)/t12-/m0/s1. The maximum absolute atomic E-state index is 12.9. The molecule has 0 aliphatic carbocycles. The third-order valence-electron chi connectivity index (χ3n) is 5.92. The maximum Gasteiger partial charge on any atom is 0.252 e. The Hall–Kier alpha value is -2.45. The number of thiophene rings is 1. The van der Waals surface area contributed by atoms with Crippen molar-refractivity contribution in [2.24, 2.45) is 7.05 Å². The van der Waals surface area contributed by atoms with Crippen LogP contribution in [0.4, 0.5) is 0 Å². The fourth-order valence-electron chi connectivity index (χ4n) is 3.95. The highest BCUT2D eigenvalue weighted by Crippen LogP contribution is 2.30. The first-order valence-corrected chi connectivity index (χ1v) is 10.8. The highest BCUT2D eigenvalue weighted by Gasteiger charge is 2.26. The monoisotopic (exact) mass is 413 g/mol. The molecule has 7 nitrogen and oxygen atoms in total. The van der Waals surface area contributed by atoms with Gasteiger partial charge in [-0.2, -0.15) is 5.10 Å². The van der Waals surface area contributed by atoms with Crippen molar-refractivity contribution in [2.45, 2.75) is 53.2 Å². The van der Waals surface area contributed by atoms with Gasteiger partial charge in [-0.25, -0.2) is 0 Å². The van der Waals surface area contributed by atoms with E-state index in [9.17, 15) is 4.79 Å². The van der Waals surface area contributed by atoms with Gasteiger partial charge in [-0.05, 0) is 39.7 Å². The van der Waals surface area contributed by atoms with Gasteiger partial charge in [-0.3, -0.25) is 14.4 Å². The molecule has 4 heterocycles. The number of aryl methyl sites for hydroxylation is 3. The third-order valence-corrected chi connectivity index (χ3v) is 6.93. The van der Waals surface area contributed by atoms with Gasteiger partial charge >= 0.3 is 0 Å². The van der Waals surface area contributed by atoms with Crippen LogP contribution in [0.25, 0.3) is 0 Å². The molecule has 3 aromatic heterocycles. The second-order valence-electron chi connectivity index (χ2n) is 7.82. The molecule has 0 unspecified atom stereocenters. The first-order valence-electron chi connectivity index (χ1n) is 9.87. The van der Waals surface area contributed by atoms with Crippen molar-refractivity contribution in [1.29, 1.82) is 0 Å². The van der Waals surface area contributed by atoms with E-state index in [4.69, 9.17) is 4.52 Å². The summed E-state index contributed by atoms with van der Waals surface area (Å²) in [7, 11) is 1.91. The van der Waals surface area contributed by atoms with Crippen molar-refractivity contribution < 1.29 is 9.32 Å². The average Bonchev–Trinajstić information content (AvgIpc) is 3.35. The van der Waals surface area contributed by atoms with Crippen molar-refractivity contribution in [2.75, 3.05) is 6.54 Å². The fraction of sp³-hybridized carbons (Fsp3) is 0.476. The van der Waals surface area contributed by atoms with Crippen LogP contribution in [0, 0.1) is 20.8 Å². The minimum atomic E-state index is -0.0774. The first kappa shape index (κ1) is 19.8. The zero-order valence-corrected chi connectivity index (χ0v) is 18.4. The number of nitrogens with zero attached hydrogens (tertiary/aromatic N) is 4. The molecule has 0 bridgehead atoms. The summed E-state index contributed by atoms with van der Waals surface area (Å²) in [5.41, 5.74) is 6.26. The smallest absolute Gasteiger partial charge is 0.252 e. The molecule has 0 fully saturated rings. The van der Waals surface area contributed by atoms with Gasteiger partial charge in [0.05, 0.1) is 23.5 Å². The van der Waals surface area contributed by atoms with E-state index < -0.39 is 0 Å². The molecule has 4 rings (SSSR count). The molecule has 0 saturated carbocycles. The summed E-state index contributed by atoms with van der Waals surface area (Å²) in [4.78, 5) is 16.6. The van der Waals surface area contributed by atoms with Gasteiger partial charge in [-0.1, -0.05) is 5.16 Å². The summed E-state index contributed by atoms with van der Waals surface area (Å²) in [5, 5.41) is 13.5. The predicted molar refractivity (Wildman–Crippen MR) is 112 cm³/mol. The lowest BCUT2D eigenvalue weighted by molar-refractivity contribution is 0.0938. The first-order chi connectivity index (χ1) is 13.8. The molecule has 3 aromatic rings. The van der Waals surface area contributed by atoms with Crippen LogP contribution in [0.15, 0.2) is 16.1 Å². The lowest BCUT2D eigenvalue weighted by Gasteiger charge is -2.27. The number of carbonyl (C=O) groups excluding carboxylic acids is 1. The lowest BCUT2D eigenvalue weighted by Crippen LogP contribution is -2.32. The molecule has 1 aliphatic rings. The second kappa shape index (κ2) is 7.76. The number of fused-ring (bicyclic) bond motifs is 1. The molecule has 0 spiro atoms. The van der Waals surface area contributed by atoms with E-state index in [0.717, 1.165) is 54.3 Å². The Morgan fingerprint density at radius 3 is 2.83 bits per heavy atom. The maximum atomic E-state index is 12.9. The Morgan fingerprint density at radius 1 is 1.38 bits per heavy atom. The van der Waals surface area contributed by atoms with Crippen molar-refractivity contribution in [1.82, 2.24) is 25.2 Å². The second-order valence-corrected chi connectivity index (χ2v) is 8.78. The van der Waals surface area contributed by atoms with Gasteiger partial charge in [0, 0.05) is 53.8 Å². The Kier molecular flexibility index (Phi) is 5.31. The number of hydrogen-bond acceptors (Lipinski definition) is 6. The number of carbonyl (C=O) groups is 1. The van der Waals surface area contributed by atoms with E-state index in [2.05, 4.69) is 20.5 Å². The number of rotatable bonds is 5. The van der Waals surface area contributed by atoms with Gasteiger partial charge in [0.1, 0.15) is 5.76 Å². The van der Waals surface area contributed by atoms with Crippen LogP contribution >= 0.6 is 11.3 Å². The van der Waals surface area contributed by atoms with E-state index >= 15 is 0 Å². The minimum absolute atomic E-state index is 0.00238. The molecule has 1 amide bonds. The van der Waals surface area contributed by atoms with Gasteiger partial charge in [-0.15, -0.1) is 11.3 Å². The Balaban J connectivity index is 1.45. The highest BCUT2D eigenvalue weighted by atomic mass is 32.1. The van der Waals surface area contributed by atoms with Crippen LogP contribution in [0.1, 0.15) is 62.0 Å². The SMILES string of the molecule is Cc1noc(C)c1CN1CCc2c(C(=O)N[C@@H](C)c3cnn(C)c3C)csc2C1. The molecule has 0 aromatic carbocycles. The normalized spacial score (nSPS) is 15.3. The largest absolute Gasteiger partial charge is 0.361 e. The number of nitrogens with one attached hydrogen (secondary N) is 1. The summed E-state index contributed by atoms with van der Waals surface area (Å²) in [5.74, 6) is 0.886. The zero-order valence-electron chi connectivity index (χ0n) is 17.6. The molecular weight excluding hydrogens is 386 g/mol. The van der Waals surface area contributed by atoms with Crippen LogP contribution in [-0.2, 0) is 26.6 Å². The molecule has 0 radical (unpaired) electrons. The third kappa shape index (κ3) is 3.74. The van der Waals surface area contributed by atoms with E-state index in [1.54, 1.807) is 11.3 Å². The fourth-order valence-corrected chi connectivity index (χ4v) is 5.07. The van der Waals surface area contributed by atoms with Crippen LogP contribution in [-0.4, -0.2) is 32.3 Å². The summed E-state index contributed by atoms with van der Waals surface area (Å²) >= 11 is 1.68. The molecular formula is C21H27N5O2S. The Labute approximate surface area is 174 Å². The summed E-state index contributed by atoms with van der Waals surface area (Å²) < 4.78 is 7.12. The van der Waals surface area contributed by atoms with E-state index in [1.165, 1.54) is 16.0 Å². The predicted octanol–water partition coefficient (Wildman–Crippen LogP) is 3.44. The molecule has 154 valence electrons. The summed E-state index contributed by atoms with van der Waals surface area (Å²) in [6.07, 6.45) is 2.71. The van der Waals surface area contributed by atoms with Crippen molar-refractivity contribution in [3.8, 4) is 0 Å². The summed E-state index contributed by atoms with van der Waals surface area (Å²) in [6.45, 7) is 10.6. The average molecular weight is 414 g/mol. The van der Waals surface area contributed by atoms with Crippen molar-refractivity contribution in [3.63, 3.8) is 0 Å². The molecule has 29 heavy (non-hydrogen) atoms. The van der Waals surface area contributed by atoms with Crippen LogP contribution < -0.4 is 5.32 Å². The number of amides is 1. The van der Waals surface area contributed by atoms with E-state index in [1.807, 2.05) is 51.0 Å². The van der Waals surface area contributed by atoms with Gasteiger partial charge < -0.3 is 9.84 Å². The van der Waals surface area contributed by atoms with Gasteiger partial charge in [0.15, 0.2) is 0 Å². The van der Waals surface area contributed by atoms with Crippen LogP contribution in [0.2, 0.25) is 0 Å². The molecule has 1 atom stereocenters. The minimum Gasteiger partial charge on any atom is -0.361 e. The molecule has 0 saturated heterocycles.